The summed E-state index contributed by atoms with van der Waals surface area (Å²) in [7, 11) is 1.48. The molecule has 0 saturated carbocycles. The van der Waals surface area contributed by atoms with Gasteiger partial charge >= 0.3 is 0 Å². The van der Waals surface area contributed by atoms with Gasteiger partial charge in [0.1, 0.15) is 0 Å². The van der Waals surface area contributed by atoms with Gasteiger partial charge in [-0.15, -0.1) is 0 Å². The third-order valence-corrected chi connectivity index (χ3v) is 5.71. The Morgan fingerprint density at radius 1 is 1.31 bits per heavy atom. The molecule has 1 fully saturated rings. The molecule has 1 aromatic carbocycles. The Labute approximate surface area is 180 Å². The first kappa shape index (κ1) is 21.7. The lowest BCUT2D eigenvalue weighted by Gasteiger charge is -2.31. The monoisotopic (exact) mass is 437 g/mol. The largest absolute Gasteiger partial charge is 0.491 e. The smallest absolute Gasteiger partial charge is 0.286 e. The quantitative estimate of drug-likeness (QED) is 0.351. The minimum Gasteiger partial charge on any atom is -0.491 e. The number of fused-ring (bicyclic) bond motifs is 1. The summed E-state index contributed by atoms with van der Waals surface area (Å²) in [4.78, 5) is 17.9. The number of methoxy groups -OCH3 is 1. The number of likely N-dealkylation sites (tertiary alicyclic amines) is 1. The fraction of sp³-hybridized carbons (Fsp3) is 0.381. The number of piperidine rings is 1. The number of ether oxygens (including phenoxy) is 1. The van der Waals surface area contributed by atoms with E-state index in [1.165, 1.54) is 7.11 Å². The van der Waals surface area contributed by atoms with Crippen LogP contribution >= 0.6 is 23.2 Å². The van der Waals surface area contributed by atoms with E-state index >= 15 is 0 Å². The van der Waals surface area contributed by atoms with Gasteiger partial charge in [0.25, 0.3) is 5.91 Å². The van der Waals surface area contributed by atoms with Crippen LogP contribution < -0.4 is 5.32 Å². The van der Waals surface area contributed by atoms with E-state index in [0.29, 0.717) is 16.6 Å². The van der Waals surface area contributed by atoms with Gasteiger partial charge in [-0.3, -0.25) is 4.79 Å². The first-order chi connectivity index (χ1) is 14.0. The number of carbonyl (C=O) groups excluding carboxylic acids is 1. The molecule has 8 heteroatoms. The van der Waals surface area contributed by atoms with E-state index in [0.717, 1.165) is 42.5 Å². The van der Waals surface area contributed by atoms with Gasteiger partial charge in [0.2, 0.25) is 0 Å². The van der Waals surface area contributed by atoms with Crippen molar-refractivity contribution in [2.24, 2.45) is 0 Å². The number of aromatic nitrogens is 1. The Morgan fingerprint density at radius 3 is 2.72 bits per heavy atom. The number of benzene rings is 1. The van der Waals surface area contributed by atoms with E-state index in [9.17, 15) is 4.79 Å². The van der Waals surface area contributed by atoms with Crippen molar-refractivity contribution in [3.05, 3.63) is 51.8 Å². The third-order valence-electron chi connectivity index (χ3n) is 4.99. The maximum Gasteiger partial charge on any atom is 0.286 e. The topological polar surface area (TPSA) is 77.6 Å². The van der Waals surface area contributed by atoms with Crippen molar-refractivity contribution in [3.8, 4) is 0 Å². The summed E-state index contributed by atoms with van der Waals surface area (Å²) >= 11 is 12.1. The number of allylic oxidation sites excluding steroid dienone is 2. The van der Waals surface area contributed by atoms with Gasteiger partial charge in [-0.2, -0.15) is 0 Å². The molecule has 0 spiro atoms. The molecule has 0 aliphatic carbocycles. The highest BCUT2D eigenvalue weighted by Gasteiger charge is 2.21. The summed E-state index contributed by atoms with van der Waals surface area (Å²) in [5.41, 5.74) is 1.75. The zero-order valence-electron chi connectivity index (χ0n) is 16.3. The molecule has 0 bridgehead atoms. The predicted octanol–water partition coefficient (Wildman–Crippen LogP) is 3.59. The van der Waals surface area contributed by atoms with Crippen LogP contribution in [0.25, 0.3) is 17.0 Å². The second kappa shape index (κ2) is 10.2. The van der Waals surface area contributed by atoms with Gasteiger partial charge in [-0.05, 0) is 43.2 Å². The molecule has 2 aromatic rings. The number of carbonyl (C=O) groups is 1. The van der Waals surface area contributed by atoms with Crippen molar-refractivity contribution in [2.45, 2.75) is 18.9 Å². The van der Waals surface area contributed by atoms with Crippen LogP contribution in [0.15, 0.2) is 36.1 Å². The third kappa shape index (κ3) is 5.76. The molecule has 0 radical (unpaired) electrons. The molecule has 3 N–H and O–H groups in total. The van der Waals surface area contributed by atoms with Crippen LogP contribution in [-0.2, 0) is 9.53 Å². The van der Waals surface area contributed by atoms with Crippen LogP contribution in [-0.4, -0.2) is 60.3 Å². The number of hydrogen-bond acceptors (Lipinski definition) is 4. The molecule has 1 aliphatic heterocycles. The molecule has 2 heterocycles. The zero-order chi connectivity index (χ0) is 20.8. The molecular weight excluding hydrogens is 413 g/mol. The first-order valence-electron chi connectivity index (χ1n) is 9.54. The summed E-state index contributed by atoms with van der Waals surface area (Å²) in [5, 5.41) is 14.0. The first-order valence-corrected chi connectivity index (χ1v) is 10.3. The summed E-state index contributed by atoms with van der Waals surface area (Å²) in [5.74, 6) is 0.0224. The number of aromatic amines is 1. The fourth-order valence-corrected chi connectivity index (χ4v) is 3.75. The molecule has 0 atom stereocenters. The van der Waals surface area contributed by atoms with Crippen LogP contribution in [0.4, 0.5) is 0 Å². The summed E-state index contributed by atoms with van der Waals surface area (Å²) < 4.78 is 5.25. The van der Waals surface area contributed by atoms with Crippen LogP contribution in [0.1, 0.15) is 18.5 Å². The van der Waals surface area contributed by atoms with Gasteiger partial charge < -0.3 is 25.0 Å². The Morgan fingerprint density at radius 2 is 2.03 bits per heavy atom. The SMILES string of the molecule is CO/C(=C\C=C\c1cc2cc(Cl)c(Cl)cc2[nH]1)C(=O)NC1CCN(CCO)CC1. The van der Waals surface area contributed by atoms with Crippen LogP contribution in [0.3, 0.4) is 0 Å². The van der Waals surface area contributed by atoms with Gasteiger partial charge in [-0.25, -0.2) is 0 Å². The van der Waals surface area contributed by atoms with E-state index in [2.05, 4.69) is 15.2 Å². The zero-order valence-corrected chi connectivity index (χ0v) is 17.8. The standard InChI is InChI=1S/C21H25Cl2N3O3/c1-29-20(21(28)25-15-5-7-26(8-6-15)9-10-27)4-2-3-16-11-14-12-17(22)18(23)13-19(14)24-16/h2-4,11-13,15,24,27H,5-10H2,1H3,(H,25,28)/b3-2+,20-4-. The summed E-state index contributed by atoms with van der Waals surface area (Å²) in [6.07, 6.45) is 6.97. The number of halogens is 2. The Bertz CT molecular complexity index is 876. The van der Waals surface area contributed by atoms with E-state index < -0.39 is 0 Å². The van der Waals surface area contributed by atoms with Crippen molar-refractivity contribution in [3.63, 3.8) is 0 Å². The normalized spacial score (nSPS) is 16.6. The lowest BCUT2D eigenvalue weighted by atomic mass is 10.0. The second-order valence-corrected chi connectivity index (χ2v) is 7.80. The Hall–Kier alpha value is -1.99. The predicted molar refractivity (Wildman–Crippen MR) is 117 cm³/mol. The Kier molecular flexibility index (Phi) is 7.61. The van der Waals surface area contributed by atoms with Crippen LogP contribution in [0, 0.1) is 0 Å². The van der Waals surface area contributed by atoms with Crippen LogP contribution in [0.2, 0.25) is 10.0 Å². The molecular formula is C21H25Cl2N3O3. The second-order valence-electron chi connectivity index (χ2n) is 6.99. The number of nitrogens with zero attached hydrogens (tertiary/aromatic N) is 1. The molecule has 6 nitrogen and oxygen atoms in total. The number of β-amino-alcohol motifs (C(OH)–C–C–N with tert-alkyl or cyclic N) is 1. The molecule has 1 saturated heterocycles. The average molecular weight is 438 g/mol. The molecule has 156 valence electrons. The molecule has 29 heavy (non-hydrogen) atoms. The van der Waals surface area contributed by atoms with E-state index in [1.807, 2.05) is 18.2 Å². The van der Waals surface area contributed by atoms with Crippen molar-refractivity contribution < 1.29 is 14.6 Å². The number of aliphatic hydroxyl groups is 1. The molecule has 1 aliphatic rings. The van der Waals surface area contributed by atoms with Crippen LogP contribution in [0.5, 0.6) is 0 Å². The van der Waals surface area contributed by atoms with Crippen molar-refractivity contribution in [1.29, 1.82) is 0 Å². The van der Waals surface area contributed by atoms with Gasteiger partial charge in [-0.1, -0.05) is 29.3 Å². The maximum atomic E-state index is 12.5. The highest BCUT2D eigenvalue weighted by molar-refractivity contribution is 6.42. The fourth-order valence-electron chi connectivity index (χ4n) is 3.41. The summed E-state index contributed by atoms with van der Waals surface area (Å²) in [6, 6.07) is 5.66. The molecule has 1 aromatic heterocycles. The van der Waals surface area contributed by atoms with Crippen molar-refractivity contribution in [1.82, 2.24) is 15.2 Å². The highest BCUT2D eigenvalue weighted by atomic mass is 35.5. The van der Waals surface area contributed by atoms with Crippen molar-refractivity contribution >= 4 is 46.1 Å². The maximum absolute atomic E-state index is 12.5. The van der Waals surface area contributed by atoms with E-state index in [1.54, 1.807) is 18.2 Å². The lowest BCUT2D eigenvalue weighted by molar-refractivity contribution is -0.121. The minimum atomic E-state index is -0.229. The number of hydrogen-bond donors (Lipinski definition) is 3. The molecule has 3 rings (SSSR count). The minimum absolute atomic E-state index is 0.114. The number of nitrogens with one attached hydrogen (secondary N) is 2. The number of rotatable bonds is 7. The van der Waals surface area contributed by atoms with Crippen molar-refractivity contribution in [2.75, 3.05) is 33.4 Å². The highest BCUT2D eigenvalue weighted by Crippen LogP contribution is 2.28. The Balaban J connectivity index is 1.60. The van der Waals surface area contributed by atoms with Gasteiger partial charge in [0, 0.05) is 42.3 Å². The molecule has 0 unspecified atom stereocenters. The van der Waals surface area contributed by atoms with Gasteiger partial charge in [0.05, 0.1) is 23.8 Å². The number of H-pyrrole nitrogens is 1. The van der Waals surface area contributed by atoms with E-state index in [4.69, 9.17) is 33.0 Å². The van der Waals surface area contributed by atoms with E-state index in [-0.39, 0.29) is 24.3 Å². The molecule has 1 amide bonds. The summed E-state index contributed by atoms with van der Waals surface area (Å²) in [6.45, 7) is 2.58. The average Bonchev–Trinajstić information content (AvgIpc) is 3.08. The van der Waals surface area contributed by atoms with Gasteiger partial charge in [0.15, 0.2) is 5.76 Å². The lowest BCUT2D eigenvalue weighted by Crippen LogP contribution is -2.45. The number of amides is 1. The number of aliphatic hydroxyl groups excluding tert-OH is 1.